The minimum atomic E-state index is -0.575. The Kier molecular flexibility index (Phi) is 3.85. The number of nitrogen functional groups attached to an aromatic ring is 1. The van der Waals surface area contributed by atoms with Gasteiger partial charge < -0.3 is 5.43 Å². The summed E-state index contributed by atoms with van der Waals surface area (Å²) in [6.45, 7) is 1.67. The number of H-pyrrole nitrogens is 1. The van der Waals surface area contributed by atoms with Gasteiger partial charge in [-0.05, 0) is 18.6 Å². The summed E-state index contributed by atoms with van der Waals surface area (Å²) < 4.78 is 1.27. The largest absolute Gasteiger partial charge is 0.328 e. The van der Waals surface area contributed by atoms with Crippen molar-refractivity contribution in [1.82, 2.24) is 9.55 Å². The molecular weight excluding hydrogens is 278 g/mol. The summed E-state index contributed by atoms with van der Waals surface area (Å²) in [5, 5.41) is 10.9. The number of benzene rings is 1. The number of nitrogens with two attached hydrogens (primary N) is 1. The highest BCUT2D eigenvalue weighted by Gasteiger charge is 2.14. The third-order valence-corrected chi connectivity index (χ3v) is 2.96. The van der Waals surface area contributed by atoms with Crippen LogP contribution in [0.15, 0.2) is 34.0 Å². The van der Waals surface area contributed by atoms with Crippen molar-refractivity contribution in [2.75, 3.05) is 5.43 Å². The van der Waals surface area contributed by atoms with Crippen molar-refractivity contribution in [2.24, 2.45) is 5.84 Å². The molecule has 0 atom stereocenters. The molecule has 0 aliphatic carbocycles. The lowest BCUT2D eigenvalue weighted by atomic mass is 10.1. The lowest BCUT2D eigenvalue weighted by Crippen LogP contribution is -2.31. The van der Waals surface area contributed by atoms with Gasteiger partial charge in [0.25, 0.3) is 11.2 Å². The van der Waals surface area contributed by atoms with Crippen LogP contribution in [0.2, 0.25) is 0 Å². The monoisotopic (exact) mass is 291 g/mol. The Morgan fingerprint density at radius 1 is 1.43 bits per heavy atom. The second-order valence-corrected chi connectivity index (χ2v) is 4.45. The molecular formula is C12H13N5O4. The third kappa shape index (κ3) is 2.98. The molecule has 110 valence electrons. The van der Waals surface area contributed by atoms with Gasteiger partial charge in [0.2, 0.25) is 0 Å². The molecule has 9 heteroatoms. The van der Waals surface area contributed by atoms with Gasteiger partial charge in [0, 0.05) is 17.8 Å². The molecule has 0 aliphatic heterocycles. The molecule has 0 amide bonds. The van der Waals surface area contributed by atoms with Gasteiger partial charge in [0.15, 0.2) is 0 Å². The first-order valence-electron chi connectivity index (χ1n) is 5.96. The van der Waals surface area contributed by atoms with E-state index in [1.165, 1.54) is 22.9 Å². The van der Waals surface area contributed by atoms with E-state index in [-0.39, 0.29) is 17.9 Å². The van der Waals surface area contributed by atoms with Gasteiger partial charge in [-0.25, -0.2) is 4.79 Å². The van der Waals surface area contributed by atoms with Crippen molar-refractivity contribution in [1.29, 1.82) is 0 Å². The van der Waals surface area contributed by atoms with Crippen molar-refractivity contribution in [3.05, 3.63) is 66.5 Å². The van der Waals surface area contributed by atoms with Crippen LogP contribution in [-0.4, -0.2) is 14.5 Å². The van der Waals surface area contributed by atoms with Crippen LogP contribution < -0.4 is 22.5 Å². The minimum absolute atomic E-state index is 0.0993. The van der Waals surface area contributed by atoms with Gasteiger partial charge in [-0.3, -0.25) is 30.3 Å². The summed E-state index contributed by atoms with van der Waals surface area (Å²) in [5.74, 6) is 5.20. The maximum atomic E-state index is 11.7. The highest BCUT2D eigenvalue weighted by Crippen LogP contribution is 2.24. The molecule has 0 spiro atoms. The van der Waals surface area contributed by atoms with Crippen LogP contribution in [0.3, 0.4) is 0 Å². The summed E-state index contributed by atoms with van der Waals surface area (Å²) in [6.07, 6.45) is 1.40. The fourth-order valence-electron chi connectivity index (χ4n) is 1.88. The minimum Gasteiger partial charge on any atom is -0.318 e. The Morgan fingerprint density at radius 3 is 2.76 bits per heavy atom. The van der Waals surface area contributed by atoms with Gasteiger partial charge in [-0.1, -0.05) is 6.07 Å². The molecule has 0 saturated carbocycles. The molecule has 1 heterocycles. The summed E-state index contributed by atoms with van der Waals surface area (Å²) in [4.78, 5) is 35.5. The smallest absolute Gasteiger partial charge is 0.318 e. The second kappa shape index (κ2) is 5.59. The zero-order valence-corrected chi connectivity index (χ0v) is 11.1. The Labute approximate surface area is 118 Å². The van der Waals surface area contributed by atoms with E-state index in [2.05, 4.69) is 10.4 Å². The van der Waals surface area contributed by atoms with Crippen LogP contribution in [-0.2, 0) is 6.54 Å². The second-order valence-electron chi connectivity index (χ2n) is 4.45. The van der Waals surface area contributed by atoms with Crippen molar-refractivity contribution < 1.29 is 4.92 Å². The average molecular weight is 291 g/mol. The summed E-state index contributed by atoms with van der Waals surface area (Å²) in [5.41, 5.74) is 2.11. The van der Waals surface area contributed by atoms with Gasteiger partial charge in [-0.15, -0.1) is 0 Å². The Bertz CT molecular complexity index is 808. The van der Waals surface area contributed by atoms with E-state index < -0.39 is 16.2 Å². The number of aromatic amines is 1. The number of aryl methyl sites for hydroxylation is 1. The van der Waals surface area contributed by atoms with E-state index in [4.69, 9.17) is 5.84 Å². The number of nitro benzene ring substituents is 1. The summed E-state index contributed by atoms with van der Waals surface area (Å²) in [7, 11) is 0. The van der Waals surface area contributed by atoms with E-state index in [9.17, 15) is 19.7 Å². The Balaban J connectivity index is 2.43. The van der Waals surface area contributed by atoms with E-state index in [1.807, 2.05) is 0 Å². The van der Waals surface area contributed by atoms with Gasteiger partial charge >= 0.3 is 5.69 Å². The number of aromatic nitrogens is 2. The van der Waals surface area contributed by atoms with Crippen molar-refractivity contribution in [2.45, 2.75) is 13.5 Å². The molecule has 9 nitrogen and oxygen atoms in total. The molecule has 2 aromatic rings. The fourth-order valence-corrected chi connectivity index (χ4v) is 1.88. The van der Waals surface area contributed by atoms with Crippen LogP contribution in [0, 0.1) is 17.0 Å². The van der Waals surface area contributed by atoms with Crippen LogP contribution in [0.1, 0.15) is 11.1 Å². The Hall–Kier alpha value is -2.94. The highest BCUT2D eigenvalue weighted by atomic mass is 16.6. The number of rotatable bonds is 4. The predicted octanol–water partition coefficient (Wildman–Crippen LogP) is 0.0871. The molecule has 0 unspecified atom stereocenters. The number of nitro groups is 1. The molecule has 0 radical (unpaired) electrons. The molecule has 1 aromatic heterocycles. The lowest BCUT2D eigenvalue weighted by molar-refractivity contribution is -0.384. The number of hydrogen-bond acceptors (Lipinski definition) is 6. The molecule has 0 aliphatic rings. The van der Waals surface area contributed by atoms with E-state index in [0.717, 1.165) is 0 Å². The number of hydrazine groups is 1. The number of nitrogens with zero attached hydrogens (tertiary/aromatic N) is 2. The van der Waals surface area contributed by atoms with Crippen LogP contribution >= 0.6 is 0 Å². The van der Waals surface area contributed by atoms with Crippen LogP contribution in [0.4, 0.5) is 11.4 Å². The van der Waals surface area contributed by atoms with Gasteiger partial charge in [0.05, 0.1) is 11.5 Å². The first-order valence-corrected chi connectivity index (χ1v) is 5.96. The normalized spacial score (nSPS) is 10.4. The Morgan fingerprint density at radius 2 is 2.14 bits per heavy atom. The average Bonchev–Trinajstić information content (AvgIpc) is 2.44. The summed E-state index contributed by atoms with van der Waals surface area (Å²) >= 11 is 0. The first-order chi connectivity index (χ1) is 9.92. The highest BCUT2D eigenvalue weighted by molar-refractivity contribution is 5.61. The third-order valence-electron chi connectivity index (χ3n) is 2.96. The quantitative estimate of drug-likeness (QED) is 0.415. The SMILES string of the molecule is Cc1cn(Cc2ccc(NN)c([N+](=O)[O-])c2)c(=O)[nH]c1=O. The topological polar surface area (TPSA) is 136 Å². The molecule has 0 bridgehead atoms. The number of nitrogens with one attached hydrogen (secondary N) is 2. The zero-order chi connectivity index (χ0) is 15.6. The van der Waals surface area contributed by atoms with Crippen LogP contribution in [0.5, 0.6) is 0 Å². The fraction of sp³-hybridized carbons (Fsp3) is 0.167. The van der Waals surface area contributed by atoms with E-state index in [1.54, 1.807) is 13.0 Å². The van der Waals surface area contributed by atoms with Crippen molar-refractivity contribution >= 4 is 11.4 Å². The van der Waals surface area contributed by atoms with Crippen molar-refractivity contribution in [3.8, 4) is 0 Å². The summed E-state index contributed by atoms with van der Waals surface area (Å²) in [6, 6.07) is 4.38. The molecule has 21 heavy (non-hydrogen) atoms. The number of hydrogen-bond donors (Lipinski definition) is 3. The lowest BCUT2D eigenvalue weighted by Gasteiger charge is -2.08. The zero-order valence-electron chi connectivity index (χ0n) is 11.1. The molecule has 0 fully saturated rings. The predicted molar refractivity (Wildman–Crippen MR) is 76.1 cm³/mol. The van der Waals surface area contributed by atoms with Gasteiger partial charge in [0.1, 0.15) is 5.69 Å². The molecule has 1 aromatic carbocycles. The maximum Gasteiger partial charge on any atom is 0.328 e. The molecule has 2 rings (SSSR count). The van der Waals surface area contributed by atoms with E-state index in [0.29, 0.717) is 11.1 Å². The van der Waals surface area contributed by atoms with E-state index >= 15 is 0 Å². The standard InChI is InChI=1S/C12H13N5O4/c1-7-5-16(12(19)14-11(7)18)6-8-2-3-9(15-13)10(4-8)17(20)21/h2-5,15H,6,13H2,1H3,(H,14,18,19). The molecule has 0 saturated heterocycles. The first kappa shape index (κ1) is 14.5. The number of anilines is 1. The van der Waals surface area contributed by atoms with Gasteiger partial charge in [-0.2, -0.15) is 0 Å². The maximum absolute atomic E-state index is 11.7. The van der Waals surface area contributed by atoms with Crippen LogP contribution in [0.25, 0.3) is 0 Å². The van der Waals surface area contributed by atoms with Crippen molar-refractivity contribution in [3.63, 3.8) is 0 Å². The molecule has 4 N–H and O–H groups in total.